The molecule has 0 unspecified atom stereocenters. The monoisotopic (exact) mass is 363 g/mol. The lowest BCUT2D eigenvalue weighted by atomic mass is 10.1. The first-order chi connectivity index (χ1) is 9.24. The number of benzene rings is 1. The van der Waals surface area contributed by atoms with E-state index in [-0.39, 0.29) is 0 Å². The molecule has 5 nitrogen and oxygen atoms in total. The summed E-state index contributed by atoms with van der Waals surface area (Å²) in [5, 5.41) is 4.27. The Kier molecular flexibility index (Phi) is 3.16. The lowest BCUT2D eigenvalue weighted by Crippen LogP contribution is -2.00. The van der Waals surface area contributed by atoms with E-state index in [4.69, 9.17) is 5.73 Å². The number of nitrogens with zero attached hydrogens (tertiary/aromatic N) is 4. The minimum absolute atomic E-state index is 0.543. The molecule has 19 heavy (non-hydrogen) atoms. The summed E-state index contributed by atoms with van der Waals surface area (Å²) in [6, 6.07) is 7.69. The third-order valence-corrected chi connectivity index (χ3v) is 3.22. The Bertz CT molecular complexity index is 705. The maximum Gasteiger partial charge on any atom is 0.250 e. The predicted molar refractivity (Wildman–Crippen MR) is 81.7 cm³/mol. The van der Waals surface area contributed by atoms with Crippen molar-refractivity contribution in [1.82, 2.24) is 19.7 Å². The number of para-hydroxylation sites is 1. The molecule has 94 valence electrons. The van der Waals surface area contributed by atoms with Gasteiger partial charge in [-0.3, -0.25) is 0 Å². The number of halogens is 1. The molecule has 0 spiro atoms. The summed E-state index contributed by atoms with van der Waals surface area (Å²) in [4.78, 5) is 8.46. The zero-order valence-corrected chi connectivity index (χ0v) is 12.0. The van der Waals surface area contributed by atoms with Crippen molar-refractivity contribution in [1.29, 1.82) is 0 Å². The molecule has 0 saturated heterocycles. The maximum absolute atomic E-state index is 5.95. The number of anilines is 1. The molecule has 0 radical (unpaired) electrons. The highest BCUT2D eigenvalue weighted by Gasteiger charge is 2.07. The molecule has 0 atom stereocenters. The fraction of sp³-hybridized carbons (Fsp3) is 0. The number of aromatic nitrogens is 4. The van der Waals surface area contributed by atoms with Crippen molar-refractivity contribution >= 4 is 28.3 Å². The third kappa shape index (κ3) is 2.43. The molecule has 3 aromatic rings. The number of hydrogen-bond donors (Lipinski definition) is 1. The Labute approximate surface area is 123 Å². The van der Waals surface area contributed by atoms with E-state index in [1.54, 1.807) is 23.3 Å². The van der Waals surface area contributed by atoms with Gasteiger partial charge in [0.2, 0.25) is 0 Å². The Hall–Kier alpha value is -1.96. The van der Waals surface area contributed by atoms with E-state index in [1.165, 1.54) is 0 Å². The van der Waals surface area contributed by atoms with Crippen LogP contribution in [-0.4, -0.2) is 19.7 Å². The minimum atomic E-state index is 0.543. The first-order valence-corrected chi connectivity index (χ1v) is 6.69. The highest BCUT2D eigenvalue weighted by atomic mass is 127. The predicted octanol–water partition coefficient (Wildman–Crippen LogP) is 2.52. The van der Waals surface area contributed by atoms with Crippen molar-refractivity contribution in [3.8, 4) is 17.1 Å². The largest absolute Gasteiger partial charge is 0.398 e. The molecular formula is C13H10IN5. The van der Waals surface area contributed by atoms with Gasteiger partial charge in [0.25, 0.3) is 5.95 Å². The van der Waals surface area contributed by atoms with Crippen LogP contribution >= 0.6 is 22.6 Å². The second kappa shape index (κ2) is 4.96. The van der Waals surface area contributed by atoms with Crippen LogP contribution in [0.3, 0.4) is 0 Å². The van der Waals surface area contributed by atoms with Gasteiger partial charge in [-0.05, 0) is 28.7 Å². The summed E-state index contributed by atoms with van der Waals surface area (Å²) in [6.45, 7) is 0. The first-order valence-electron chi connectivity index (χ1n) is 5.61. The summed E-state index contributed by atoms with van der Waals surface area (Å²) >= 11 is 2.16. The molecule has 1 aromatic carbocycles. The van der Waals surface area contributed by atoms with Gasteiger partial charge in [0.05, 0.1) is 6.20 Å². The number of nitrogens with two attached hydrogens (primary N) is 1. The standard InChI is InChI=1S/C13H10IN5/c14-10-6-16-13(17-7-10)19-8-9(5-18-19)11-3-1-2-4-12(11)15/h1-8H,15H2. The zero-order valence-electron chi connectivity index (χ0n) is 9.86. The van der Waals surface area contributed by atoms with Crippen LogP contribution < -0.4 is 5.73 Å². The highest BCUT2D eigenvalue weighted by Crippen LogP contribution is 2.25. The smallest absolute Gasteiger partial charge is 0.250 e. The molecule has 0 saturated carbocycles. The highest BCUT2D eigenvalue weighted by molar-refractivity contribution is 14.1. The van der Waals surface area contributed by atoms with Crippen LogP contribution in [0.4, 0.5) is 5.69 Å². The van der Waals surface area contributed by atoms with E-state index in [2.05, 4.69) is 37.7 Å². The van der Waals surface area contributed by atoms with Crippen LogP contribution in [0.1, 0.15) is 0 Å². The average molecular weight is 363 g/mol. The molecular weight excluding hydrogens is 353 g/mol. The number of nitrogen functional groups attached to an aromatic ring is 1. The van der Waals surface area contributed by atoms with Crippen molar-refractivity contribution in [2.24, 2.45) is 0 Å². The molecule has 0 aliphatic heterocycles. The van der Waals surface area contributed by atoms with E-state index in [9.17, 15) is 0 Å². The summed E-state index contributed by atoms with van der Waals surface area (Å²) in [7, 11) is 0. The van der Waals surface area contributed by atoms with E-state index >= 15 is 0 Å². The normalized spacial score (nSPS) is 10.6. The second-order valence-electron chi connectivity index (χ2n) is 3.96. The topological polar surface area (TPSA) is 69.6 Å². The SMILES string of the molecule is Nc1ccccc1-c1cnn(-c2ncc(I)cn2)c1. The third-order valence-electron chi connectivity index (χ3n) is 2.67. The van der Waals surface area contributed by atoms with Crippen LogP contribution in [0.2, 0.25) is 0 Å². The van der Waals surface area contributed by atoms with Gasteiger partial charge in [-0.1, -0.05) is 18.2 Å². The summed E-state index contributed by atoms with van der Waals surface area (Å²) < 4.78 is 2.62. The lowest BCUT2D eigenvalue weighted by Gasteiger charge is -2.01. The van der Waals surface area contributed by atoms with Crippen LogP contribution in [0, 0.1) is 3.57 Å². The zero-order chi connectivity index (χ0) is 13.2. The molecule has 2 N–H and O–H groups in total. The summed E-state index contributed by atoms with van der Waals surface area (Å²) in [5.74, 6) is 0.543. The molecule has 0 aliphatic rings. The molecule has 2 heterocycles. The van der Waals surface area contributed by atoms with Gasteiger partial charge in [-0.2, -0.15) is 5.10 Å². The van der Waals surface area contributed by atoms with Crippen molar-refractivity contribution < 1.29 is 0 Å². The van der Waals surface area contributed by atoms with Gasteiger partial charge in [0.15, 0.2) is 0 Å². The second-order valence-corrected chi connectivity index (χ2v) is 5.21. The van der Waals surface area contributed by atoms with Crippen molar-refractivity contribution in [2.75, 3.05) is 5.73 Å². The van der Waals surface area contributed by atoms with E-state index in [0.29, 0.717) is 5.95 Å². The minimum Gasteiger partial charge on any atom is -0.398 e. The Morgan fingerprint density at radius 2 is 1.79 bits per heavy atom. The maximum atomic E-state index is 5.95. The Balaban J connectivity index is 2.00. The van der Waals surface area contributed by atoms with Crippen LogP contribution in [-0.2, 0) is 0 Å². The first kappa shape index (κ1) is 12.1. The number of rotatable bonds is 2. The fourth-order valence-corrected chi connectivity index (χ4v) is 2.03. The van der Waals surface area contributed by atoms with Gasteiger partial charge in [0.1, 0.15) is 0 Å². The molecule has 0 bridgehead atoms. The molecule has 3 rings (SSSR count). The van der Waals surface area contributed by atoms with Gasteiger partial charge >= 0.3 is 0 Å². The van der Waals surface area contributed by atoms with Crippen molar-refractivity contribution in [3.05, 3.63) is 52.6 Å². The lowest BCUT2D eigenvalue weighted by molar-refractivity contribution is 0.806. The van der Waals surface area contributed by atoms with Gasteiger partial charge in [0, 0.05) is 39.0 Å². The van der Waals surface area contributed by atoms with Gasteiger partial charge in [-0.15, -0.1) is 0 Å². The molecule has 0 fully saturated rings. The van der Waals surface area contributed by atoms with E-state index < -0.39 is 0 Å². The quantitative estimate of drug-likeness (QED) is 0.561. The molecule has 6 heteroatoms. The summed E-state index contributed by atoms with van der Waals surface area (Å²) in [6.07, 6.45) is 7.13. The van der Waals surface area contributed by atoms with Crippen LogP contribution in [0.15, 0.2) is 49.1 Å². The number of hydrogen-bond acceptors (Lipinski definition) is 4. The van der Waals surface area contributed by atoms with E-state index in [0.717, 1.165) is 20.4 Å². The van der Waals surface area contributed by atoms with Crippen molar-refractivity contribution in [2.45, 2.75) is 0 Å². The van der Waals surface area contributed by atoms with Gasteiger partial charge in [-0.25, -0.2) is 14.6 Å². The molecule has 0 aliphatic carbocycles. The van der Waals surface area contributed by atoms with Crippen molar-refractivity contribution in [3.63, 3.8) is 0 Å². The van der Waals surface area contributed by atoms with Crippen LogP contribution in [0.25, 0.3) is 17.1 Å². The van der Waals surface area contributed by atoms with Crippen LogP contribution in [0.5, 0.6) is 0 Å². The van der Waals surface area contributed by atoms with E-state index in [1.807, 2.05) is 30.5 Å². The van der Waals surface area contributed by atoms with Gasteiger partial charge < -0.3 is 5.73 Å². The Morgan fingerprint density at radius 1 is 1.05 bits per heavy atom. The average Bonchev–Trinajstić information content (AvgIpc) is 2.89. The fourth-order valence-electron chi connectivity index (χ4n) is 1.75. The molecule has 2 aromatic heterocycles. The summed E-state index contributed by atoms with van der Waals surface area (Å²) in [5.41, 5.74) is 8.58. The molecule has 0 amide bonds. The Morgan fingerprint density at radius 3 is 2.53 bits per heavy atom.